The summed E-state index contributed by atoms with van der Waals surface area (Å²) in [6.07, 6.45) is -7.77. The van der Waals surface area contributed by atoms with Crippen molar-refractivity contribution in [2.45, 2.75) is 38.5 Å². The van der Waals surface area contributed by atoms with E-state index in [-0.39, 0.29) is 11.8 Å². The van der Waals surface area contributed by atoms with Crippen LogP contribution in [0.1, 0.15) is 43.0 Å². The molecule has 12 heteroatoms. The summed E-state index contributed by atoms with van der Waals surface area (Å²) in [6.45, 7) is 4.78. The van der Waals surface area contributed by atoms with E-state index >= 15 is 0 Å². The first kappa shape index (κ1) is 29.9. The Bertz CT molecular complexity index is 1370. The summed E-state index contributed by atoms with van der Waals surface area (Å²) >= 11 is 6.45. The average Bonchev–Trinajstić information content (AvgIpc) is 2.86. The summed E-state index contributed by atoms with van der Waals surface area (Å²) in [7, 11) is 1.33. The number of rotatable bonds is 7. The van der Waals surface area contributed by atoms with Crippen LogP contribution >= 0.6 is 11.6 Å². The van der Waals surface area contributed by atoms with E-state index in [9.17, 15) is 31.1 Å². The highest BCUT2D eigenvalue weighted by Crippen LogP contribution is 2.42. The molecule has 1 amide bonds. The third-order valence-electron chi connectivity index (χ3n) is 6.24. The van der Waals surface area contributed by atoms with Gasteiger partial charge in [-0.3, -0.25) is 4.79 Å². The third-order valence-corrected chi connectivity index (χ3v) is 6.57. The van der Waals surface area contributed by atoms with Crippen LogP contribution in [-0.4, -0.2) is 30.7 Å². The van der Waals surface area contributed by atoms with Gasteiger partial charge in [0, 0.05) is 41.5 Å². The van der Waals surface area contributed by atoms with Crippen molar-refractivity contribution >= 4 is 35.2 Å². The molecule has 0 unspecified atom stereocenters. The molecule has 0 spiro atoms. The fourth-order valence-electron chi connectivity index (χ4n) is 4.13. The van der Waals surface area contributed by atoms with Crippen LogP contribution in [-0.2, 0) is 22.6 Å². The number of alkyl halides is 6. The van der Waals surface area contributed by atoms with E-state index in [2.05, 4.69) is 10.3 Å². The van der Waals surface area contributed by atoms with E-state index in [0.29, 0.717) is 46.2 Å². The average molecular weight is 571 g/mol. The van der Waals surface area contributed by atoms with E-state index in [1.807, 2.05) is 6.92 Å². The van der Waals surface area contributed by atoms with E-state index in [4.69, 9.17) is 17.0 Å². The lowest BCUT2D eigenvalue weighted by atomic mass is 9.81. The van der Waals surface area contributed by atoms with Gasteiger partial charge in [0.2, 0.25) is 5.91 Å². The maximum Gasteiger partial charge on any atom is 0.416 e. The molecule has 0 aliphatic rings. The lowest BCUT2D eigenvalue weighted by Gasteiger charge is -2.32. The standard InChI is InChI=1S/C27H25ClF6N4O/c1-5-36-23-19(13-35)22(18-8-6-7-9-20(18)28)21(14-37-23)38(4)24(39)25(2,3)15-10-16(26(29,30)31)12-17(11-15)27(32,33)34/h6-14,35H,5H2,1-4H3,(H,36,37). The van der Waals surface area contributed by atoms with Crippen LogP contribution in [0.2, 0.25) is 5.02 Å². The SMILES string of the molecule is CCNc1ncc(N(C)C(=O)C(C)(C)c2cc(C(F)(F)F)cc(C(F)(F)F)c2)c(-c2ccccc2Cl)c1C=N. The van der Waals surface area contributed by atoms with Gasteiger partial charge in [-0.2, -0.15) is 26.3 Å². The van der Waals surface area contributed by atoms with Crippen LogP contribution in [0.3, 0.4) is 0 Å². The van der Waals surface area contributed by atoms with Gasteiger partial charge in [-0.05, 0) is 50.6 Å². The molecular formula is C27H25ClF6N4O. The van der Waals surface area contributed by atoms with Crippen molar-refractivity contribution < 1.29 is 31.1 Å². The van der Waals surface area contributed by atoms with Gasteiger partial charge in [-0.15, -0.1) is 0 Å². The molecule has 3 rings (SSSR count). The number of likely N-dealkylation sites (N-methyl/N-ethyl adjacent to an activating group) is 1. The Kier molecular flexibility index (Phi) is 8.35. The van der Waals surface area contributed by atoms with Crippen LogP contribution in [0.4, 0.5) is 37.8 Å². The molecule has 1 aromatic heterocycles. The highest BCUT2D eigenvalue weighted by molar-refractivity contribution is 6.34. The second-order valence-corrected chi connectivity index (χ2v) is 9.63. The van der Waals surface area contributed by atoms with Crippen LogP contribution < -0.4 is 10.2 Å². The van der Waals surface area contributed by atoms with Gasteiger partial charge in [0.05, 0.1) is 28.4 Å². The number of benzene rings is 2. The number of nitrogens with zero attached hydrogens (tertiary/aromatic N) is 2. The third kappa shape index (κ3) is 6.03. The molecule has 0 bridgehead atoms. The highest BCUT2D eigenvalue weighted by Gasteiger charge is 2.41. The second kappa shape index (κ2) is 10.9. The molecule has 0 aliphatic carbocycles. The van der Waals surface area contributed by atoms with Crippen LogP contribution in [0.5, 0.6) is 0 Å². The van der Waals surface area contributed by atoms with Crippen molar-refractivity contribution in [3.63, 3.8) is 0 Å². The Morgan fingerprint density at radius 3 is 2.05 bits per heavy atom. The van der Waals surface area contributed by atoms with Gasteiger partial charge in [0.25, 0.3) is 0 Å². The Balaban J connectivity index is 2.23. The predicted octanol–water partition coefficient (Wildman–Crippen LogP) is 7.81. The summed E-state index contributed by atoms with van der Waals surface area (Å²) in [5.41, 5.74) is -4.10. The van der Waals surface area contributed by atoms with Crippen LogP contribution in [0.25, 0.3) is 11.1 Å². The number of nitrogens with one attached hydrogen (secondary N) is 2. The van der Waals surface area contributed by atoms with Crippen molar-refractivity contribution in [1.82, 2.24) is 4.98 Å². The van der Waals surface area contributed by atoms with Crippen molar-refractivity contribution in [3.8, 4) is 11.1 Å². The fourth-order valence-corrected chi connectivity index (χ4v) is 4.36. The first-order valence-electron chi connectivity index (χ1n) is 11.6. The minimum absolute atomic E-state index is 0.0169. The monoisotopic (exact) mass is 570 g/mol. The lowest BCUT2D eigenvalue weighted by Crippen LogP contribution is -2.42. The van der Waals surface area contributed by atoms with Crippen molar-refractivity contribution in [2.24, 2.45) is 0 Å². The van der Waals surface area contributed by atoms with Crippen molar-refractivity contribution in [1.29, 1.82) is 5.41 Å². The number of carbonyl (C=O) groups is 1. The molecular weight excluding hydrogens is 546 g/mol. The Labute approximate surface area is 226 Å². The summed E-state index contributed by atoms with van der Waals surface area (Å²) in [5.74, 6) is -0.476. The zero-order valence-electron chi connectivity index (χ0n) is 21.4. The molecule has 3 aromatic rings. The first-order valence-corrected chi connectivity index (χ1v) is 12.0. The number of amides is 1. The van der Waals surface area contributed by atoms with Gasteiger partial charge < -0.3 is 15.6 Å². The van der Waals surface area contributed by atoms with Crippen molar-refractivity contribution in [2.75, 3.05) is 23.8 Å². The Hall–Kier alpha value is -3.60. The summed E-state index contributed by atoms with van der Waals surface area (Å²) < 4.78 is 81.0. The van der Waals surface area contributed by atoms with Crippen LogP contribution in [0, 0.1) is 5.41 Å². The maximum atomic E-state index is 13.8. The van der Waals surface area contributed by atoms with E-state index in [0.717, 1.165) is 11.1 Å². The summed E-state index contributed by atoms with van der Waals surface area (Å²) in [5, 5.41) is 11.3. The topological polar surface area (TPSA) is 69.1 Å². The molecule has 0 atom stereocenters. The lowest BCUT2D eigenvalue weighted by molar-refractivity contribution is -0.143. The highest BCUT2D eigenvalue weighted by atomic mass is 35.5. The van der Waals surface area contributed by atoms with E-state index in [1.165, 1.54) is 27.1 Å². The van der Waals surface area contributed by atoms with Gasteiger partial charge in [-0.1, -0.05) is 29.8 Å². The number of hydrogen-bond donors (Lipinski definition) is 2. The molecule has 1 heterocycles. The Morgan fingerprint density at radius 1 is 1.03 bits per heavy atom. The maximum absolute atomic E-state index is 13.8. The van der Waals surface area contributed by atoms with E-state index in [1.54, 1.807) is 24.3 Å². The number of hydrogen-bond acceptors (Lipinski definition) is 4. The number of aromatic nitrogens is 1. The summed E-state index contributed by atoms with van der Waals surface area (Å²) in [6, 6.07) is 7.76. The number of carbonyl (C=O) groups excluding carboxylic acids is 1. The molecule has 0 radical (unpaired) electrons. The zero-order valence-corrected chi connectivity index (χ0v) is 22.1. The number of pyridine rings is 1. The molecule has 0 aliphatic heterocycles. The van der Waals surface area contributed by atoms with Gasteiger partial charge in [0.1, 0.15) is 5.82 Å². The molecule has 39 heavy (non-hydrogen) atoms. The molecule has 2 aromatic carbocycles. The quantitative estimate of drug-likeness (QED) is 0.225. The smallest absolute Gasteiger partial charge is 0.370 e. The number of anilines is 2. The second-order valence-electron chi connectivity index (χ2n) is 9.22. The fraction of sp³-hybridized carbons (Fsp3) is 0.296. The molecule has 2 N–H and O–H groups in total. The molecule has 0 saturated heterocycles. The van der Waals surface area contributed by atoms with Gasteiger partial charge in [-0.25, -0.2) is 4.98 Å². The molecule has 5 nitrogen and oxygen atoms in total. The Morgan fingerprint density at radius 2 is 1.56 bits per heavy atom. The molecule has 0 saturated carbocycles. The summed E-state index contributed by atoms with van der Waals surface area (Å²) in [4.78, 5) is 19.2. The van der Waals surface area contributed by atoms with Crippen LogP contribution in [0.15, 0.2) is 48.7 Å². The first-order chi connectivity index (χ1) is 18.0. The minimum atomic E-state index is -5.07. The predicted molar refractivity (Wildman–Crippen MR) is 140 cm³/mol. The van der Waals surface area contributed by atoms with Crippen molar-refractivity contribution in [3.05, 3.63) is 75.9 Å². The van der Waals surface area contributed by atoms with Gasteiger partial charge in [0.15, 0.2) is 0 Å². The minimum Gasteiger partial charge on any atom is -0.370 e. The van der Waals surface area contributed by atoms with Gasteiger partial charge >= 0.3 is 12.4 Å². The largest absolute Gasteiger partial charge is 0.416 e. The van der Waals surface area contributed by atoms with E-state index < -0.39 is 40.4 Å². The molecule has 0 fully saturated rings. The molecule has 208 valence electrons. The zero-order chi connectivity index (χ0) is 29.3. The number of halogens is 7. The normalized spacial score (nSPS) is 12.3.